The molecule has 1 aromatic carbocycles. The number of ether oxygens (including phenoxy) is 2. The van der Waals surface area contributed by atoms with Gasteiger partial charge in [-0.05, 0) is 44.2 Å². The molecule has 2 atom stereocenters. The summed E-state index contributed by atoms with van der Waals surface area (Å²) in [6.45, 7) is 9.65. The highest BCUT2D eigenvalue weighted by Crippen LogP contribution is 2.32. The van der Waals surface area contributed by atoms with Gasteiger partial charge < -0.3 is 29.3 Å². The van der Waals surface area contributed by atoms with E-state index in [-0.39, 0.29) is 24.6 Å². The topological polar surface area (TPSA) is 104 Å². The summed E-state index contributed by atoms with van der Waals surface area (Å²) in [5.74, 6) is 2.20. The summed E-state index contributed by atoms with van der Waals surface area (Å²) in [7, 11) is 1.59. The van der Waals surface area contributed by atoms with Crippen molar-refractivity contribution in [2.45, 2.75) is 39.5 Å². The fourth-order valence-electron chi connectivity index (χ4n) is 5.13. The fraction of sp³-hybridized carbons (Fsp3) is 0.481. The average molecular weight is 507 g/mol. The van der Waals surface area contributed by atoms with Crippen molar-refractivity contribution in [2.24, 2.45) is 0 Å². The molecule has 3 aromatic rings. The molecule has 10 heteroatoms. The van der Waals surface area contributed by atoms with Crippen molar-refractivity contribution in [3.63, 3.8) is 0 Å². The standard InChI is InChI=1S/C27H34N6O4/c1-17-14-31(19(3)35)9-10-32(17)26-22-6-7-23(20-5-8-24(36-4)21(13-20)15-34)28-25(22)29-27(30-26)33-11-12-37-16-18(33)2/h5-8,13,17-18,34H,9-12,14-16H2,1-4H3/t17-,18-/m0/s1. The van der Waals surface area contributed by atoms with Gasteiger partial charge >= 0.3 is 0 Å². The van der Waals surface area contributed by atoms with Gasteiger partial charge in [0.15, 0.2) is 5.65 Å². The van der Waals surface area contributed by atoms with Crippen LogP contribution in [0.25, 0.3) is 22.3 Å². The lowest BCUT2D eigenvalue weighted by molar-refractivity contribution is -0.129. The highest BCUT2D eigenvalue weighted by Gasteiger charge is 2.30. The SMILES string of the molecule is COc1ccc(-c2ccc3c(N4CCN(C(C)=O)C[C@@H]4C)nc(N4CCOC[C@@H]4C)nc3n2)cc1CO. The molecule has 5 rings (SSSR count). The fourth-order valence-corrected chi connectivity index (χ4v) is 5.13. The van der Waals surface area contributed by atoms with Crippen molar-refractivity contribution in [1.29, 1.82) is 0 Å². The molecule has 2 fully saturated rings. The highest BCUT2D eigenvalue weighted by atomic mass is 16.5. The minimum absolute atomic E-state index is 0.0925. The lowest BCUT2D eigenvalue weighted by Gasteiger charge is -2.41. The molecular weight excluding hydrogens is 472 g/mol. The summed E-state index contributed by atoms with van der Waals surface area (Å²) in [5.41, 5.74) is 2.94. The van der Waals surface area contributed by atoms with E-state index in [1.54, 1.807) is 14.0 Å². The predicted octanol–water partition coefficient (Wildman–Crippen LogP) is 2.47. The Kier molecular flexibility index (Phi) is 7.12. The van der Waals surface area contributed by atoms with Crippen molar-refractivity contribution in [2.75, 3.05) is 56.3 Å². The van der Waals surface area contributed by atoms with Gasteiger partial charge in [0.2, 0.25) is 11.9 Å². The third kappa shape index (κ3) is 4.91. The first-order chi connectivity index (χ1) is 17.9. The number of anilines is 2. The molecule has 37 heavy (non-hydrogen) atoms. The van der Waals surface area contributed by atoms with Crippen molar-refractivity contribution >= 4 is 28.7 Å². The third-order valence-electron chi connectivity index (χ3n) is 7.24. The second kappa shape index (κ2) is 10.5. The zero-order chi connectivity index (χ0) is 26.1. The summed E-state index contributed by atoms with van der Waals surface area (Å²) in [4.78, 5) is 33.2. The number of aliphatic hydroxyl groups excluding tert-OH is 1. The lowest BCUT2D eigenvalue weighted by atomic mass is 10.1. The van der Waals surface area contributed by atoms with Gasteiger partial charge in [0.05, 0.1) is 44.1 Å². The van der Waals surface area contributed by atoms with Crippen LogP contribution in [0, 0.1) is 0 Å². The number of aromatic nitrogens is 3. The van der Waals surface area contributed by atoms with Crippen molar-refractivity contribution in [3.8, 4) is 17.0 Å². The minimum Gasteiger partial charge on any atom is -0.496 e. The summed E-state index contributed by atoms with van der Waals surface area (Å²) in [6.07, 6.45) is 0. The quantitative estimate of drug-likeness (QED) is 0.559. The zero-order valence-electron chi connectivity index (χ0n) is 21.8. The Morgan fingerprint density at radius 1 is 1.08 bits per heavy atom. The largest absolute Gasteiger partial charge is 0.496 e. The van der Waals surface area contributed by atoms with E-state index in [9.17, 15) is 9.90 Å². The molecular formula is C27H34N6O4. The van der Waals surface area contributed by atoms with Crippen molar-refractivity contribution in [1.82, 2.24) is 19.9 Å². The summed E-state index contributed by atoms with van der Waals surface area (Å²) in [6, 6.07) is 9.89. The van der Waals surface area contributed by atoms with E-state index >= 15 is 0 Å². The molecule has 2 aromatic heterocycles. The Bertz CT molecular complexity index is 1300. The molecule has 0 saturated carbocycles. The molecule has 0 aliphatic carbocycles. The van der Waals surface area contributed by atoms with Gasteiger partial charge in [-0.15, -0.1) is 0 Å². The molecule has 2 saturated heterocycles. The molecule has 1 N–H and O–H groups in total. The monoisotopic (exact) mass is 506 g/mol. The molecule has 0 radical (unpaired) electrons. The van der Waals surface area contributed by atoms with Gasteiger partial charge in [0.1, 0.15) is 11.6 Å². The Morgan fingerprint density at radius 3 is 2.62 bits per heavy atom. The number of hydrogen-bond donors (Lipinski definition) is 1. The van der Waals surface area contributed by atoms with E-state index in [0.717, 1.165) is 22.5 Å². The second-order valence-corrected chi connectivity index (χ2v) is 9.72. The van der Waals surface area contributed by atoms with Crippen LogP contribution < -0.4 is 14.5 Å². The molecule has 196 valence electrons. The normalized spacial score (nSPS) is 20.4. The number of fused-ring (bicyclic) bond motifs is 1. The number of carbonyl (C=O) groups is 1. The Morgan fingerprint density at radius 2 is 1.92 bits per heavy atom. The van der Waals surface area contributed by atoms with Crippen LogP contribution in [-0.2, 0) is 16.1 Å². The third-order valence-corrected chi connectivity index (χ3v) is 7.24. The first-order valence-electron chi connectivity index (χ1n) is 12.7. The number of pyridine rings is 1. The number of carbonyl (C=O) groups excluding carboxylic acids is 1. The van der Waals surface area contributed by atoms with E-state index in [1.165, 1.54) is 0 Å². The molecule has 1 amide bonds. The smallest absolute Gasteiger partial charge is 0.229 e. The van der Waals surface area contributed by atoms with Crippen LogP contribution in [0.2, 0.25) is 0 Å². The van der Waals surface area contributed by atoms with E-state index < -0.39 is 0 Å². The van der Waals surface area contributed by atoms with Gasteiger partial charge in [-0.3, -0.25) is 4.79 Å². The number of nitrogens with zero attached hydrogens (tertiary/aromatic N) is 6. The number of rotatable bonds is 5. The first kappa shape index (κ1) is 25.2. The number of amides is 1. The minimum atomic E-state index is -0.125. The van der Waals surface area contributed by atoms with Gasteiger partial charge in [-0.2, -0.15) is 9.97 Å². The molecule has 0 unspecified atom stereocenters. The maximum absolute atomic E-state index is 12.0. The Labute approximate surface area is 216 Å². The van der Waals surface area contributed by atoms with Gasteiger partial charge in [-0.1, -0.05) is 0 Å². The molecule has 4 heterocycles. The van der Waals surface area contributed by atoms with Gasteiger partial charge in [-0.25, -0.2) is 4.98 Å². The van der Waals surface area contributed by atoms with Crippen molar-refractivity contribution in [3.05, 3.63) is 35.9 Å². The maximum atomic E-state index is 12.0. The highest BCUT2D eigenvalue weighted by molar-refractivity contribution is 5.90. The van der Waals surface area contributed by atoms with E-state index in [4.69, 9.17) is 24.4 Å². The molecule has 0 spiro atoms. The Balaban J connectivity index is 1.61. The lowest BCUT2D eigenvalue weighted by Crippen LogP contribution is -2.53. The number of aliphatic hydroxyl groups is 1. The zero-order valence-corrected chi connectivity index (χ0v) is 21.8. The summed E-state index contributed by atoms with van der Waals surface area (Å²) >= 11 is 0. The van der Waals surface area contributed by atoms with Crippen LogP contribution in [0.4, 0.5) is 11.8 Å². The maximum Gasteiger partial charge on any atom is 0.229 e. The number of hydrogen-bond acceptors (Lipinski definition) is 9. The van der Waals surface area contributed by atoms with Crippen LogP contribution in [0.5, 0.6) is 5.75 Å². The Hall–Kier alpha value is -3.50. The summed E-state index contributed by atoms with van der Waals surface area (Å²) < 4.78 is 11.0. The van der Waals surface area contributed by atoms with E-state index in [1.807, 2.05) is 35.2 Å². The average Bonchev–Trinajstić information content (AvgIpc) is 2.92. The molecule has 2 aliphatic heterocycles. The summed E-state index contributed by atoms with van der Waals surface area (Å²) in [5, 5.41) is 10.7. The van der Waals surface area contributed by atoms with Gasteiger partial charge in [0, 0.05) is 50.3 Å². The number of morpholine rings is 1. The van der Waals surface area contributed by atoms with E-state index in [2.05, 4.69) is 23.6 Å². The second-order valence-electron chi connectivity index (χ2n) is 9.72. The van der Waals surface area contributed by atoms with Gasteiger partial charge in [0.25, 0.3) is 0 Å². The van der Waals surface area contributed by atoms with Crippen LogP contribution in [0.3, 0.4) is 0 Å². The number of piperazine rings is 1. The van der Waals surface area contributed by atoms with Crippen LogP contribution in [0.1, 0.15) is 26.3 Å². The first-order valence-corrected chi connectivity index (χ1v) is 12.7. The number of methoxy groups -OCH3 is 1. The van der Waals surface area contributed by atoms with Crippen LogP contribution in [0.15, 0.2) is 30.3 Å². The molecule has 2 aliphatic rings. The van der Waals surface area contributed by atoms with Crippen LogP contribution >= 0.6 is 0 Å². The predicted molar refractivity (Wildman–Crippen MR) is 142 cm³/mol. The van der Waals surface area contributed by atoms with Crippen LogP contribution in [-0.4, -0.2) is 89.5 Å². The number of benzene rings is 1. The van der Waals surface area contributed by atoms with Crippen molar-refractivity contribution < 1.29 is 19.4 Å². The molecule has 0 bridgehead atoms. The molecule has 10 nitrogen and oxygen atoms in total. The van der Waals surface area contributed by atoms with E-state index in [0.29, 0.717) is 62.3 Å².